The molecule has 14 heteroatoms. The van der Waals surface area contributed by atoms with Gasteiger partial charge in [-0.05, 0) is 68.6 Å². The predicted molar refractivity (Wildman–Crippen MR) is 172 cm³/mol. The molecule has 46 heavy (non-hydrogen) atoms. The van der Waals surface area contributed by atoms with E-state index < -0.39 is 23.6 Å². The zero-order chi connectivity index (χ0) is 33.4. The summed E-state index contributed by atoms with van der Waals surface area (Å²) in [6, 6.07) is 1.95. The van der Waals surface area contributed by atoms with Gasteiger partial charge in [0.05, 0.1) is 12.2 Å². The Labute approximate surface area is 267 Å². The first-order valence-corrected chi connectivity index (χ1v) is 15.5. The SMILES string of the molecule is CN(C)C(=O)/C=C/CCC(NC(=O)O)C(=O)Nc1cccn(Cc2nc3c(CCC(C)(C)C)ncnc3n2C2CCCCO2)c1=O. The third-order valence-corrected chi connectivity index (χ3v) is 7.71. The summed E-state index contributed by atoms with van der Waals surface area (Å²) in [5.41, 5.74) is 1.78. The smallest absolute Gasteiger partial charge is 0.405 e. The van der Waals surface area contributed by atoms with Crippen molar-refractivity contribution < 1.29 is 24.2 Å². The van der Waals surface area contributed by atoms with Crippen LogP contribution in [0.25, 0.3) is 11.2 Å². The summed E-state index contributed by atoms with van der Waals surface area (Å²) in [5.74, 6) is -0.338. The number of likely N-dealkylation sites (N-methyl/N-ethyl adjacent to an activating group) is 1. The number of carbonyl (C=O) groups excluding carboxylic acids is 2. The third kappa shape index (κ3) is 8.99. The van der Waals surface area contributed by atoms with Crippen LogP contribution >= 0.6 is 0 Å². The number of hydrogen-bond acceptors (Lipinski definition) is 8. The number of aromatic nitrogens is 5. The highest BCUT2D eigenvalue weighted by molar-refractivity contribution is 5.96. The van der Waals surface area contributed by atoms with Crippen LogP contribution in [0.3, 0.4) is 0 Å². The maximum atomic E-state index is 13.6. The molecule has 3 amide bonds. The molecule has 1 aliphatic heterocycles. The molecule has 0 aliphatic carbocycles. The van der Waals surface area contributed by atoms with Gasteiger partial charge in [-0.1, -0.05) is 26.8 Å². The Kier molecular flexibility index (Phi) is 11.3. The minimum atomic E-state index is -1.38. The van der Waals surface area contributed by atoms with Gasteiger partial charge >= 0.3 is 6.09 Å². The zero-order valence-electron chi connectivity index (χ0n) is 27.2. The number of pyridine rings is 1. The average Bonchev–Trinajstić information content (AvgIpc) is 3.37. The zero-order valence-corrected chi connectivity index (χ0v) is 27.2. The van der Waals surface area contributed by atoms with Crippen molar-refractivity contribution in [2.24, 2.45) is 5.41 Å². The fraction of sp³-hybridized carbons (Fsp3) is 0.531. The van der Waals surface area contributed by atoms with Crippen molar-refractivity contribution in [2.75, 3.05) is 26.0 Å². The standard InChI is InChI=1S/C32H44N8O6/c1-32(2,3)16-15-21-27-28(34-20-33-21)40(26-14-8-9-18-46-26)24(37-27)19-39-17-10-12-23(30(39)43)35-29(42)22(36-31(44)45)11-6-7-13-25(41)38(4)5/h7,10,12-13,17,20,22,26,36H,6,8-9,11,14-16,18-19H2,1-5H3,(H,35,42)(H,44,45)/b13-7+. The number of carboxylic acid groups (broad SMARTS) is 1. The van der Waals surface area contributed by atoms with E-state index in [1.165, 1.54) is 21.6 Å². The number of anilines is 1. The molecular formula is C32H44N8O6. The Hall–Kier alpha value is -4.59. The van der Waals surface area contributed by atoms with Crippen molar-refractivity contribution in [2.45, 2.75) is 84.5 Å². The van der Waals surface area contributed by atoms with E-state index in [9.17, 15) is 24.3 Å². The van der Waals surface area contributed by atoms with Crippen LogP contribution in [-0.2, 0) is 27.3 Å². The van der Waals surface area contributed by atoms with Crippen molar-refractivity contribution in [1.29, 1.82) is 0 Å². The van der Waals surface area contributed by atoms with Crippen LogP contribution < -0.4 is 16.2 Å². The van der Waals surface area contributed by atoms with Gasteiger partial charge in [0.2, 0.25) is 11.8 Å². The van der Waals surface area contributed by atoms with Gasteiger partial charge in [-0.2, -0.15) is 0 Å². The lowest BCUT2D eigenvalue weighted by atomic mass is 9.90. The largest absolute Gasteiger partial charge is 0.465 e. The fourth-order valence-corrected chi connectivity index (χ4v) is 5.16. The molecule has 1 saturated heterocycles. The lowest BCUT2D eigenvalue weighted by Gasteiger charge is -2.25. The van der Waals surface area contributed by atoms with E-state index in [1.54, 1.807) is 38.8 Å². The Morgan fingerprint density at radius 1 is 1.22 bits per heavy atom. The molecule has 0 spiro atoms. The number of amides is 3. The van der Waals surface area contributed by atoms with Gasteiger partial charge in [-0.25, -0.2) is 19.7 Å². The van der Waals surface area contributed by atoms with Gasteiger partial charge in [-0.3, -0.25) is 19.0 Å². The van der Waals surface area contributed by atoms with Gasteiger partial charge in [-0.15, -0.1) is 0 Å². The molecule has 3 N–H and O–H groups in total. The summed E-state index contributed by atoms with van der Waals surface area (Å²) in [6.07, 6.45) is 9.12. The molecule has 0 saturated carbocycles. The highest BCUT2D eigenvalue weighted by Gasteiger charge is 2.26. The lowest BCUT2D eigenvalue weighted by molar-refractivity contribution is -0.123. The molecular weight excluding hydrogens is 592 g/mol. The highest BCUT2D eigenvalue weighted by atomic mass is 16.5. The summed E-state index contributed by atoms with van der Waals surface area (Å²) in [7, 11) is 3.22. The Morgan fingerprint density at radius 3 is 2.67 bits per heavy atom. The van der Waals surface area contributed by atoms with E-state index in [0.29, 0.717) is 23.6 Å². The van der Waals surface area contributed by atoms with Crippen molar-refractivity contribution in [3.8, 4) is 0 Å². The normalized spacial score (nSPS) is 16.0. The lowest BCUT2D eigenvalue weighted by Crippen LogP contribution is -2.44. The number of hydrogen-bond donors (Lipinski definition) is 3. The van der Waals surface area contributed by atoms with Gasteiger partial charge in [0.25, 0.3) is 5.56 Å². The number of fused-ring (bicyclic) bond motifs is 1. The molecule has 0 radical (unpaired) electrons. The molecule has 0 aromatic carbocycles. The van der Waals surface area contributed by atoms with Crippen molar-refractivity contribution in [3.63, 3.8) is 0 Å². The number of carbonyl (C=O) groups is 3. The van der Waals surface area contributed by atoms with Crippen LogP contribution in [-0.4, -0.2) is 78.7 Å². The van der Waals surface area contributed by atoms with E-state index in [2.05, 4.69) is 41.4 Å². The van der Waals surface area contributed by atoms with E-state index in [1.807, 2.05) is 4.57 Å². The van der Waals surface area contributed by atoms with Crippen LogP contribution in [0, 0.1) is 5.41 Å². The number of aryl methyl sites for hydroxylation is 1. The maximum Gasteiger partial charge on any atom is 0.405 e. The minimum Gasteiger partial charge on any atom is -0.465 e. The van der Waals surface area contributed by atoms with Crippen LogP contribution in [0.5, 0.6) is 0 Å². The molecule has 248 valence electrons. The molecule has 2 atom stereocenters. The Bertz CT molecular complexity index is 1630. The quantitative estimate of drug-likeness (QED) is 0.250. The number of nitrogens with one attached hydrogen (secondary N) is 2. The molecule has 14 nitrogen and oxygen atoms in total. The van der Waals surface area contributed by atoms with Gasteiger partial charge in [0.15, 0.2) is 5.65 Å². The molecule has 1 aliphatic rings. The average molecular weight is 637 g/mol. The molecule has 2 unspecified atom stereocenters. The minimum absolute atomic E-state index is 0.00903. The first kappa shape index (κ1) is 34.3. The summed E-state index contributed by atoms with van der Waals surface area (Å²) >= 11 is 0. The van der Waals surface area contributed by atoms with Crippen LogP contribution in [0.2, 0.25) is 0 Å². The molecule has 3 aromatic rings. The number of nitrogens with zero attached hydrogens (tertiary/aromatic N) is 6. The Balaban J connectivity index is 1.60. The van der Waals surface area contributed by atoms with Crippen LogP contribution in [0.15, 0.2) is 41.6 Å². The second-order valence-corrected chi connectivity index (χ2v) is 12.8. The van der Waals surface area contributed by atoms with Crippen molar-refractivity contribution >= 4 is 34.8 Å². The first-order chi connectivity index (χ1) is 21.8. The summed E-state index contributed by atoms with van der Waals surface area (Å²) in [4.78, 5) is 65.4. The summed E-state index contributed by atoms with van der Waals surface area (Å²) in [6.45, 7) is 7.22. The van der Waals surface area contributed by atoms with Gasteiger partial charge < -0.3 is 29.9 Å². The summed E-state index contributed by atoms with van der Waals surface area (Å²) < 4.78 is 9.52. The van der Waals surface area contributed by atoms with E-state index in [-0.39, 0.29) is 42.6 Å². The van der Waals surface area contributed by atoms with Crippen molar-refractivity contribution in [3.05, 3.63) is 58.7 Å². The molecule has 4 heterocycles. The second kappa shape index (κ2) is 15.1. The third-order valence-electron chi connectivity index (χ3n) is 7.71. The number of ether oxygens (including phenoxy) is 1. The van der Waals surface area contributed by atoms with Crippen LogP contribution in [0.1, 0.15) is 77.0 Å². The molecule has 4 rings (SSSR count). The van der Waals surface area contributed by atoms with Crippen LogP contribution in [0.4, 0.5) is 10.5 Å². The van der Waals surface area contributed by atoms with Crippen molar-refractivity contribution in [1.82, 2.24) is 34.3 Å². The van der Waals surface area contributed by atoms with E-state index in [0.717, 1.165) is 37.8 Å². The number of imidazole rings is 1. The molecule has 3 aromatic heterocycles. The van der Waals surface area contributed by atoms with Gasteiger partial charge in [0, 0.05) is 26.9 Å². The predicted octanol–water partition coefficient (Wildman–Crippen LogP) is 3.71. The highest BCUT2D eigenvalue weighted by Crippen LogP contribution is 2.30. The molecule has 1 fully saturated rings. The Morgan fingerprint density at radius 2 is 2.00 bits per heavy atom. The first-order valence-electron chi connectivity index (χ1n) is 15.5. The maximum absolute atomic E-state index is 13.6. The number of rotatable bonds is 12. The monoisotopic (exact) mass is 636 g/mol. The topological polar surface area (TPSA) is 174 Å². The second-order valence-electron chi connectivity index (χ2n) is 12.8. The molecule has 0 bridgehead atoms. The van der Waals surface area contributed by atoms with Gasteiger partial charge in [0.1, 0.15) is 35.6 Å². The summed E-state index contributed by atoms with van der Waals surface area (Å²) in [5, 5.41) is 14.1. The fourth-order valence-electron chi connectivity index (χ4n) is 5.16. The van der Waals surface area contributed by atoms with E-state index >= 15 is 0 Å². The number of allylic oxidation sites excluding steroid dienone is 1. The van der Waals surface area contributed by atoms with E-state index in [4.69, 9.17) is 9.72 Å².